The van der Waals surface area contributed by atoms with Crippen LogP contribution in [-0.4, -0.2) is 32.6 Å². The fourth-order valence-electron chi connectivity index (χ4n) is 3.35. The molecule has 0 bridgehead atoms. The molecule has 1 atom stereocenters. The third-order valence-corrected chi connectivity index (χ3v) is 5.07. The third-order valence-electron chi connectivity index (χ3n) is 5.07. The maximum Gasteiger partial charge on any atom is 0.318 e. The number of rotatable bonds is 6. The van der Waals surface area contributed by atoms with Crippen LogP contribution in [0.1, 0.15) is 38.2 Å². The van der Waals surface area contributed by atoms with Gasteiger partial charge < -0.3 is 14.8 Å². The van der Waals surface area contributed by atoms with Crippen LogP contribution in [0.5, 0.6) is 0 Å². The molecule has 24 heavy (non-hydrogen) atoms. The molecule has 0 radical (unpaired) electrons. The summed E-state index contributed by atoms with van der Waals surface area (Å²) in [4.78, 5) is 18.9. The van der Waals surface area contributed by atoms with Gasteiger partial charge in [-0.2, -0.15) is 0 Å². The summed E-state index contributed by atoms with van der Waals surface area (Å²) in [6, 6.07) is 9.11. The Morgan fingerprint density at radius 3 is 2.88 bits per heavy atom. The lowest BCUT2D eigenvalue weighted by Crippen LogP contribution is -2.47. The van der Waals surface area contributed by atoms with E-state index in [-0.39, 0.29) is 6.03 Å². The molecule has 0 spiro atoms. The summed E-state index contributed by atoms with van der Waals surface area (Å²) in [7, 11) is 0. The number of benzene rings is 1. The molecule has 4 rings (SSSR count). The van der Waals surface area contributed by atoms with Crippen LogP contribution < -0.4 is 5.32 Å². The van der Waals surface area contributed by atoms with Gasteiger partial charge in [-0.05, 0) is 56.2 Å². The highest BCUT2D eigenvalue weighted by atomic mass is 16.2. The van der Waals surface area contributed by atoms with Gasteiger partial charge in [0, 0.05) is 36.7 Å². The molecule has 1 N–H and O–H groups in total. The molecule has 2 aromatic rings. The van der Waals surface area contributed by atoms with Crippen LogP contribution in [0.4, 0.5) is 4.79 Å². The second-order valence-electron chi connectivity index (χ2n) is 7.02. The molecule has 0 aliphatic heterocycles. The average molecular weight is 324 g/mol. The largest absolute Gasteiger partial charge is 0.334 e. The minimum atomic E-state index is 0.0879. The molecule has 2 amide bonds. The number of aromatic nitrogens is 2. The van der Waals surface area contributed by atoms with E-state index >= 15 is 0 Å². The lowest BCUT2D eigenvalue weighted by atomic mass is 10.2. The number of nitrogens with one attached hydrogen (secondary N) is 1. The predicted octanol–water partition coefficient (Wildman–Crippen LogP) is 3.34. The monoisotopic (exact) mass is 324 g/mol. The molecule has 2 aliphatic carbocycles. The van der Waals surface area contributed by atoms with E-state index in [1.54, 1.807) is 12.5 Å². The normalized spacial score (nSPS) is 18.2. The van der Waals surface area contributed by atoms with Crippen molar-refractivity contribution in [3.05, 3.63) is 48.5 Å². The molecule has 1 aromatic carbocycles. The summed E-state index contributed by atoms with van der Waals surface area (Å²) in [6.45, 7) is 2.76. The van der Waals surface area contributed by atoms with Crippen molar-refractivity contribution in [2.24, 2.45) is 5.92 Å². The van der Waals surface area contributed by atoms with Crippen molar-refractivity contribution >= 4 is 6.03 Å². The van der Waals surface area contributed by atoms with E-state index in [1.807, 2.05) is 29.0 Å². The molecule has 0 saturated heterocycles. The molecule has 5 nitrogen and oxygen atoms in total. The zero-order chi connectivity index (χ0) is 16.5. The van der Waals surface area contributed by atoms with E-state index in [0.717, 1.165) is 24.1 Å². The summed E-state index contributed by atoms with van der Waals surface area (Å²) in [5.41, 5.74) is 2.16. The van der Waals surface area contributed by atoms with Crippen LogP contribution in [0, 0.1) is 5.92 Å². The highest BCUT2D eigenvalue weighted by Gasteiger charge is 2.41. The summed E-state index contributed by atoms with van der Waals surface area (Å²) in [5.74, 6) is 0.709. The van der Waals surface area contributed by atoms with E-state index in [1.165, 1.54) is 12.8 Å². The number of imidazole rings is 1. The van der Waals surface area contributed by atoms with Gasteiger partial charge in [0.25, 0.3) is 0 Å². The first-order valence-corrected chi connectivity index (χ1v) is 8.86. The van der Waals surface area contributed by atoms with Crippen molar-refractivity contribution < 1.29 is 4.79 Å². The van der Waals surface area contributed by atoms with Crippen molar-refractivity contribution in [2.75, 3.05) is 0 Å². The Bertz CT molecular complexity index is 704. The van der Waals surface area contributed by atoms with Gasteiger partial charge in [0.2, 0.25) is 0 Å². The van der Waals surface area contributed by atoms with Crippen LogP contribution in [-0.2, 0) is 6.54 Å². The highest BCUT2D eigenvalue weighted by molar-refractivity contribution is 5.75. The number of carbonyl (C=O) groups excluding carboxylic acids is 1. The molecule has 1 heterocycles. The van der Waals surface area contributed by atoms with E-state index < -0.39 is 0 Å². The number of nitrogens with zero attached hydrogens (tertiary/aromatic N) is 3. The summed E-state index contributed by atoms with van der Waals surface area (Å²) < 4.78 is 1.97. The minimum Gasteiger partial charge on any atom is -0.334 e. The molecule has 0 unspecified atom stereocenters. The van der Waals surface area contributed by atoms with Gasteiger partial charge in [0.05, 0.1) is 6.33 Å². The smallest absolute Gasteiger partial charge is 0.318 e. The van der Waals surface area contributed by atoms with Crippen molar-refractivity contribution in [1.29, 1.82) is 0 Å². The van der Waals surface area contributed by atoms with Gasteiger partial charge >= 0.3 is 6.03 Å². The van der Waals surface area contributed by atoms with Gasteiger partial charge in [-0.3, -0.25) is 0 Å². The maximum atomic E-state index is 12.7. The Labute approximate surface area is 142 Å². The standard InChI is InChI=1S/C19H24N4O/c1-14(16-5-6-16)23(17-7-8-17)19(24)21-12-15-3-2-4-18(11-15)22-10-9-20-13-22/h2-4,9-11,13-14,16-17H,5-8,12H2,1H3,(H,21,24)/t14-/m0/s1. The zero-order valence-corrected chi connectivity index (χ0v) is 14.1. The second kappa shape index (κ2) is 6.30. The van der Waals surface area contributed by atoms with E-state index in [0.29, 0.717) is 24.5 Å². The Morgan fingerprint density at radius 1 is 1.38 bits per heavy atom. The first-order valence-electron chi connectivity index (χ1n) is 8.86. The van der Waals surface area contributed by atoms with E-state index in [4.69, 9.17) is 0 Å². The maximum absolute atomic E-state index is 12.7. The Hall–Kier alpha value is -2.30. The predicted molar refractivity (Wildman–Crippen MR) is 92.8 cm³/mol. The number of hydrogen-bond donors (Lipinski definition) is 1. The number of hydrogen-bond acceptors (Lipinski definition) is 2. The fraction of sp³-hybridized carbons (Fsp3) is 0.474. The Kier molecular flexibility index (Phi) is 4.00. The molecule has 1 aromatic heterocycles. The third kappa shape index (κ3) is 3.30. The topological polar surface area (TPSA) is 50.2 Å². The molecule has 2 fully saturated rings. The molecular formula is C19H24N4O. The van der Waals surface area contributed by atoms with Gasteiger partial charge in [-0.1, -0.05) is 12.1 Å². The molecular weight excluding hydrogens is 300 g/mol. The number of carbonyl (C=O) groups is 1. The second-order valence-corrected chi connectivity index (χ2v) is 7.02. The molecule has 2 aliphatic rings. The SMILES string of the molecule is C[C@@H](C1CC1)N(C(=O)NCc1cccc(-n2ccnc2)c1)C1CC1. The van der Waals surface area contributed by atoms with Crippen molar-refractivity contribution in [2.45, 2.75) is 51.2 Å². The van der Waals surface area contributed by atoms with Crippen LogP contribution >= 0.6 is 0 Å². The van der Waals surface area contributed by atoms with Gasteiger partial charge in [0.1, 0.15) is 0 Å². The van der Waals surface area contributed by atoms with E-state index in [2.05, 4.69) is 28.2 Å². The van der Waals surface area contributed by atoms with Crippen molar-refractivity contribution in [1.82, 2.24) is 19.8 Å². The lowest BCUT2D eigenvalue weighted by molar-refractivity contribution is 0.166. The van der Waals surface area contributed by atoms with Crippen LogP contribution in [0.3, 0.4) is 0 Å². The zero-order valence-electron chi connectivity index (χ0n) is 14.1. The Balaban J connectivity index is 1.40. The van der Waals surface area contributed by atoms with Gasteiger partial charge in [-0.25, -0.2) is 9.78 Å². The quantitative estimate of drug-likeness (QED) is 0.886. The fourth-order valence-corrected chi connectivity index (χ4v) is 3.35. The summed E-state index contributed by atoms with van der Waals surface area (Å²) in [6.07, 6.45) is 10.3. The first kappa shape index (κ1) is 15.2. The van der Waals surface area contributed by atoms with Gasteiger partial charge in [-0.15, -0.1) is 0 Å². The number of amides is 2. The van der Waals surface area contributed by atoms with E-state index in [9.17, 15) is 4.79 Å². The number of urea groups is 1. The van der Waals surface area contributed by atoms with Crippen LogP contribution in [0.2, 0.25) is 0 Å². The van der Waals surface area contributed by atoms with Crippen molar-refractivity contribution in [3.63, 3.8) is 0 Å². The highest BCUT2D eigenvalue weighted by Crippen LogP contribution is 2.39. The molecule has 5 heteroatoms. The van der Waals surface area contributed by atoms with Crippen LogP contribution in [0.15, 0.2) is 43.0 Å². The van der Waals surface area contributed by atoms with Gasteiger partial charge in [0.15, 0.2) is 0 Å². The van der Waals surface area contributed by atoms with Crippen LogP contribution in [0.25, 0.3) is 5.69 Å². The average Bonchev–Trinajstić information content (AvgIpc) is 3.53. The first-order chi connectivity index (χ1) is 11.7. The molecule has 2 saturated carbocycles. The van der Waals surface area contributed by atoms with Crippen molar-refractivity contribution in [3.8, 4) is 5.69 Å². The Morgan fingerprint density at radius 2 is 2.21 bits per heavy atom. The minimum absolute atomic E-state index is 0.0879. The summed E-state index contributed by atoms with van der Waals surface area (Å²) >= 11 is 0. The lowest BCUT2D eigenvalue weighted by Gasteiger charge is -2.29. The summed E-state index contributed by atoms with van der Waals surface area (Å²) in [5, 5.41) is 3.12. The molecule has 126 valence electrons.